The normalized spacial score (nSPS) is 59.2. The van der Waals surface area contributed by atoms with Crippen LogP contribution in [0.4, 0.5) is 0 Å². The molecular weight excluding hydrogens is 308 g/mol. The maximum Gasteiger partial charge on any atom is 0.101 e. The number of aliphatic hydroxyl groups is 2. The molecule has 0 amide bonds. The molecule has 0 spiro atoms. The standard InChI is InChI=1S/C23H36O2/c1-14(24)23(25,21-8-15-2-16(9-21)4-17(3-15)10-21)22-11-18-5-19(12-22)7-20(6-18)13-22/h14-20,24-25H,2-13H2,1H3. The Morgan fingerprint density at radius 2 is 0.880 bits per heavy atom. The largest absolute Gasteiger partial charge is 0.390 e. The van der Waals surface area contributed by atoms with E-state index in [1.165, 1.54) is 77.0 Å². The zero-order chi connectivity index (χ0) is 17.0. The van der Waals surface area contributed by atoms with Gasteiger partial charge in [0, 0.05) is 10.8 Å². The van der Waals surface area contributed by atoms with Gasteiger partial charge in [-0.1, -0.05) is 0 Å². The Morgan fingerprint density at radius 3 is 1.08 bits per heavy atom. The second-order valence-electron chi connectivity index (χ2n) is 11.8. The van der Waals surface area contributed by atoms with Crippen molar-refractivity contribution >= 4 is 0 Å². The van der Waals surface area contributed by atoms with Gasteiger partial charge in [-0.3, -0.25) is 0 Å². The minimum Gasteiger partial charge on any atom is -0.390 e. The van der Waals surface area contributed by atoms with Gasteiger partial charge in [0.15, 0.2) is 0 Å². The third-order valence-electron chi connectivity index (χ3n) is 10.3. The first kappa shape index (κ1) is 15.9. The van der Waals surface area contributed by atoms with Gasteiger partial charge in [0.05, 0.1) is 6.10 Å². The van der Waals surface area contributed by atoms with E-state index in [4.69, 9.17) is 0 Å². The molecule has 0 aromatic carbocycles. The van der Waals surface area contributed by atoms with Crippen molar-refractivity contribution in [2.45, 2.75) is 95.7 Å². The van der Waals surface area contributed by atoms with Crippen LogP contribution in [-0.4, -0.2) is 21.9 Å². The Labute approximate surface area is 152 Å². The van der Waals surface area contributed by atoms with Crippen LogP contribution >= 0.6 is 0 Å². The summed E-state index contributed by atoms with van der Waals surface area (Å²) in [5, 5.41) is 23.7. The molecule has 1 atom stereocenters. The summed E-state index contributed by atoms with van der Waals surface area (Å²) >= 11 is 0. The van der Waals surface area contributed by atoms with Crippen LogP contribution < -0.4 is 0 Å². The fourth-order valence-corrected chi connectivity index (χ4v) is 10.6. The summed E-state index contributed by atoms with van der Waals surface area (Å²) in [4.78, 5) is 0. The Balaban J connectivity index is 1.46. The number of hydrogen-bond acceptors (Lipinski definition) is 2. The van der Waals surface area contributed by atoms with E-state index in [1.807, 2.05) is 6.92 Å². The van der Waals surface area contributed by atoms with Crippen LogP contribution in [-0.2, 0) is 0 Å². The number of hydrogen-bond donors (Lipinski definition) is 2. The molecule has 8 saturated carbocycles. The van der Waals surface area contributed by atoms with E-state index >= 15 is 0 Å². The lowest BCUT2D eigenvalue weighted by molar-refractivity contribution is -0.300. The molecule has 0 aromatic rings. The molecule has 0 saturated heterocycles. The molecule has 25 heavy (non-hydrogen) atoms. The summed E-state index contributed by atoms with van der Waals surface area (Å²) in [5.74, 6) is 5.03. The minimum absolute atomic E-state index is 0.0294. The molecule has 0 aromatic heterocycles. The summed E-state index contributed by atoms with van der Waals surface area (Å²) in [6.45, 7) is 1.94. The van der Waals surface area contributed by atoms with E-state index in [0.717, 1.165) is 35.5 Å². The average molecular weight is 345 g/mol. The van der Waals surface area contributed by atoms with Crippen LogP contribution in [0.2, 0.25) is 0 Å². The summed E-state index contributed by atoms with van der Waals surface area (Å²) < 4.78 is 0. The molecule has 2 N–H and O–H groups in total. The van der Waals surface area contributed by atoms with Crippen molar-refractivity contribution in [1.29, 1.82) is 0 Å². The van der Waals surface area contributed by atoms with E-state index < -0.39 is 11.7 Å². The smallest absolute Gasteiger partial charge is 0.101 e. The monoisotopic (exact) mass is 344 g/mol. The molecule has 2 heteroatoms. The number of aliphatic hydroxyl groups excluding tert-OH is 1. The number of rotatable bonds is 3. The van der Waals surface area contributed by atoms with Crippen molar-refractivity contribution < 1.29 is 10.2 Å². The van der Waals surface area contributed by atoms with Crippen LogP contribution in [0.15, 0.2) is 0 Å². The van der Waals surface area contributed by atoms with Gasteiger partial charge in [-0.25, -0.2) is 0 Å². The highest BCUT2D eigenvalue weighted by atomic mass is 16.3. The van der Waals surface area contributed by atoms with Crippen molar-refractivity contribution in [2.75, 3.05) is 0 Å². The fraction of sp³-hybridized carbons (Fsp3) is 1.00. The first-order valence-corrected chi connectivity index (χ1v) is 11.3. The zero-order valence-electron chi connectivity index (χ0n) is 15.9. The Bertz CT molecular complexity index is 462. The maximum absolute atomic E-state index is 12.6. The van der Waals surface area contributed by atoms with E-state index in [1.54, 1.807) is 0 Å². The van der Waals surface area contributed by atoms with E-state index in [0.29, 0.717) is 0 Å². The van der Waals surface area contributed by atoms with E-state index in [-0.39, 0.29) is 10.8 Å². The SMILES string of the molecule is CC(O)C(O)(C12CC3CC(CC(C3)C1)C2)C12CC3CC(CC(C3)C1)C2. The summed E-state index contributed by atoms with van der Waals surface area (Å²) in [6, 6.07) is 0. The zero-order valence-corrected chi connectivity index (χ0v) is 15.9. The average Bonchev–Trinajstić information content (AvgIpc) is 2.51. The molecule has 8 aliphatic carbocycles. The maximum atomic E-state index is 12.6. The van der Waals surface area contributed by atoms with Crippen LogP contribution in [0.5, 0.6) is 0 Å². The molecule has 8 fully saturated rings. The highest BCUT2D eigenvalue weighted by Gasteiger charge is 2.71. The lowest BCUT2D eigenvalue weighted by atomic mass is 9.36. The van der Waals surface area contributed by atoms with Crippen LogP contribution in [0.1, 0.15) is 84.0 Å². The van der Waals surface area contributed by atoms with Gasteiger partial charge in [-0.15, -0.1) is 0 Å². The molecule has 140 valence electrons. The molecule has 0 heterocycles. The predicted octanol–water partition coefficient (Wildman–Crippen LogP) is 4.53. The van der Waals surface area contributed by atoms with Crippen LogP contribution in [0.3, 0.4) is 0 Å². The Kier molecular flexibility index (Phi) is 3.09. The van der Waals surface area contributed by atoms with Gasteiger partial charge in [-0.05, 0) is 119 Å². The molecule has 0 aliphatic heterocycles. The fourth-order valence-electron chi connectivity index (χ4n) is 10.6. The topological polar surface area (TPSA) is 40.5 Å². The van der Waals surface area contributed by atoms with E-state index in [9.17, 15) is 10.2 Å². The van der Waals surface area contributed by atoms with Crippen molar-refractivity contribution in [2.24, 2.45) is 46.3 Å². The first-order valence-electron chi connectivity index (χ1n) is 11.3. The van der Waals surface area contributed by atoms with Crippen molar-refractivity contribution in [3.8, 4) is 0 Å². The minimum atomic E-state index is -0.827. The van der Waals surface area contributed by atoms with Crippen molar-refractivity contribution in [1.82, 2.24) is 0 Å². The third kappa shape index (κ3) is 1.89. The summed E-state index contributed by atoms with van der Waals surface area (Å²) in [6.07, 6.45) is 15.2. The van der Waals surface area contributed by atoms with Gasteiger partial charge < -0.3 is 10.2 Å². The first-order chi connectivity index (χ1) is 11.9. The second kappa shape index (κ2) is 4.85. The third-order valence-corrected chi connectivity index (χ3v) is 10.3. The van der Waals surface area contributed by atoms with Gasteiger partial charge in [-0.2, -0.15) is 0 Å². The second-order valence-corrected chi connectivity index (χ2v) is 11.8. The van der Waals surface area contributed by atoms with Crippen molar-refractivity contribution in [3.63, 3.8) is 0 Å². The van der Waals surface area contributed by atoms with E-state index in [2.05, 4.69) is 0 Å². The van der Waals surface area contributed by atoms with Crippen molar-refractivity contribution in [3.05, 3.63) is 0 Å². The lowest BCUT2D eigenvalue weighted by Gasteiger charge is -2.71. The van der Waals surface area contributed by atoms with Gasteiger partial charge in [0.1, 0.15) is 5.60 Å². The quantitative estimate of drug-likeness (QED) is 0.789. The summed E-state index contributed by atoms with van der Waals surface area (Å²) in [5.41, 5.74) is -0.769. The summed E-state index contributed by atoms with van der Waals surface area (Å²) in [7, 11) is 0. The highest BCUT2D eigenvalue weighted by Crippen LogP contribution is 2.73. The van der Waals surface area contributed by atoms with Gasteiger partial charge >= 0.3 is 0 Å². The molecule has 8 bridgehead atoms. The Morgan fingerprint density at radius 1 is 0.640 bits per heavy atom. The molecule has 2 nitrogen and oxygen atoms in total. The Hall–Kier alpha value is -0.0800. The molecule has 0 radical (unpaired) electrons. The van der Waals surface area contributed by atoms with Gasteiger partial charge in [0.2, 0.25) is 0 Å². The predicted molar refractivity (Wildman–Crippen MR) is 97.8 cm³/mol. The molecule has 8 rings (SSSR count). The molecular formula is C23H36O2. The van der Waals surface area contributed by atoms with Crippen LogP contribution in [0, 0.1) is 46.3 Å². The molecule has 8 aliphatic rings. The van der Waals surface area contributed by atoms with Gasteiger partial charge in [0.25, 0.3) is 0 Å². The highest BCUT2D eigenvalue weighted by molar-refractivity contribution is 5.21. The molecule has 1 unspecified atom stereocenters. The lowest BCUT2D eigenvalue weighted by Crippen LogP contribution is -2.72. The van der Waals surface area contributed by atoms with Crippen LogP contribution in [0.25, 0.3) is 0 Å².